The van der Waals surface area contributed by atoms with Crippen LogP contribution in [0, 0.1) is 6.85 Å². The van der Waals surface area contributed by atoms with E-state index in [9.17, 15) is 0 Å². The average Bonchev–Trinajstić information content (AvgIpc) is 2.15. The van der Waals surface area contributed by atoms with Crippen LogP contribution in [0.2, 0.25) is 0 Å². The first-order valence-electron chi connectivity index (χ1n) is 4.91. The third kappa shape index (κ3) is 1.20. The molecule has 12 heavy (non-hydrogen) atoms. The maximum Gasteiger partial charge on any atom is 0.197 e. The molecule has 1 aromatic heterocycles. The molecule has 0 unspecified atom stereocenters. The monoisotopic (exact) mass is 225 g/mol. The maximum absolute atomic E-state index is 7.37. The van der Waals surface area contributed by atoms with E-state index in [1.807, 2.05) is 6.07 Å². The molecular weight excluding hydrogens is 216 g/mol. The lowest BCUT2D eigenvalue weighted by Gasteiger charge is -1.99. The number of aryl methyl sites for hydroxylation is 1. The smallest absolute Gasteiger partial charge is 0.197 e. The molecule has 2 aromatic rings. The zero-order chi connectivity index (χ0) is 11.1. The molecule has 1 aromatic carbocycles. The Hall–Kier alpha value is -0.960. The molecule has 0 atom stereocenters. The predicted octanol–water partition coefficient (Wildman–Crippen LogP) is 2.70. The van der Waals surface area contributed by atoms with Crippen molar-refractivity contribution >= 4 is 26.8 Å². The molecule has 0 saturated carbocycles. The van der Waals surface area contributed by atoms with Gasteiger partial charge in [0.15, 0.2) is 4.73 Å². The minimum Gasteiger partial charge on any atom is -0.227 e. The van der Waals surface area contributed by atoms with Crippen molar-refractivity contribution in [2.75, 3.05) is 0 Å². The van der Waals surface area contributed by atoms with Gasteiger partial charge in [-0.2, -0.15) is 0 Å². The summed E-state index contributed by atoms with van der Waals surface area (Å²) in [6, 6.07) is 7.06. The highest BCUT2D eigenvalue weighted by atomic mass is 79.9. The molecule has 1 heterocycles. The Labute approximate surface area is 83.0 Å². The van der Waals surface area contributed by atoms with Crippen LogP contribution >= 0.6 is 15.9 Å². The molecule has 0 aliphatic heterocycles. The van der Waals surface area contributed by atoms with Gasteiger partial charge in [-0.25, -0.2) is 9.97 Å². The van der Waals surface area contributed by atoms with Crippen LogP contribution in [0.25, 0.3) is 10.9 Å². The van der Waals surface area contributed by atoms with Crippen molar-refractivity contribution in [1.82, 2.24) is 9.97 Å². The zero-order valence-corrected chi connectivity index (χ0v) is 7.67. The van der Waals surface area contributed by atoms with Crippen LogP contribution < -0.4 is 0 Å². The van der Waals surface area contributed by atoms with Gasteiger partial charge in [0.1, 0.15) is 0 Å². The van der Waals surface area contributed by atoms with Crippen molar-refractivity contribution < 1.29 is 4.11 Å². The van der Waals surface area contributed by atoms with Crippen molar-refractivity contribution in [3.63, 3.8) is 0 Å². The second-order valence-electron chi connectivity index (χ2n) is 2.36. The van der Waals surface area contributed by atoms with Crippen molar-refractivity contribution in [2.24, 2.45) is 0 Å². The Morgan fingerprint density at radius 1 is 1.33 bits per heavy atom. The van der Waals surface area contributed by atoms with E-state index >= 15 is 0 Å². The van der Waals surface area contributed by atoms with E-state index in [0.717, 1.165) is 0 Å². The van der Waals surface area contributed by atoms with E-state index in [1.54, 1.807) is 18.2 Å². The SMILES string of the molecule is [2H]C([2H])([2H])c1nc(Br)nc2ccccc12. The van der Waals surface area contributed by atoms with Crippen LogP contribution in [-0.4, -0.2) is 9.97 Å². The van der Waals surface area contributed by atoms with E-state index in [2.05, 4.69) is 25.9 Å². The second-order valence-corrected chi connectivity index (χ2v) is 3.07. The van der Waals surface area contributed by atoms with Gasteiger partial charge in [-0.05, 0) is 28.8 Å². The van der Waals surface area contributed by atoms with Gasteiger partial charge < -0.3 is 0 Å². The van der Waals surface area contributed by atoms with Crippen molar-refractivity contribution in [3.05, 3.63) is 34.7 Å². The fourth-order valence-corrected chi connectivity index (χ4v) is 1.42. The number of rotatable bonds is 0. The Morgan fingerprint density at radius 3 is 3.00 bits per heavy atom. The highest BCUT2D eigenvalue weighted by Gasteiger charge is 1.99. The Morgan fingerprint density at radius 2 is 2.17 bits per heavy atom. The summed E-state index contributed by atoms with van der Waals surface area (Å²) in [6.45, 7) is -2.22. The molecular formula is C9H7BrN2. The third-order valence-corrected chi connectivity index (χ3v) is 1.93. The number of fused-ring (bicyclic) bond motifs is 1. The largest absolute Gasteiger partial charge is 0.227 e. The molecule has 2 nitrogen and oxygen atoms in total. The number of hydrogen-bond acceptors (Lipinski definition) is 2. The fraction of sp³-hybridized carbons (Fsp3) is 0.111. The Balaban J connectivity index is 2.83. The van der Waals surface area contributed by atoms with Crippen molar-refractivity contribution in [1.29, 1.82) is 0 Å². The molecule has 0 radical (unpaired) electrons. The van der Waals surface area contributed by atoms with Gasteiger partial charge in [0.2, 0.25) is 0 Å². The van der Waals surface area contributed by atoms with Gasteiger partial charge in [-0.3, -0.25) is 0 Å². The van der Waals surface area contributed by atoms with E-state index in [4.69, 9.17) is 4.11 Å². The summed E-state index contributed by atoms with van der Waals surface area (Å²) in [5.74, 6) is 0. The van der Waals surface area contributed by atoms with Crippen LogP contribution in [0.4, 0.5) is 0 Å². The van der Waals surface area contributed by atoms with E-state index in [-0.39, 0.29) is 5.69 Å². The summed E-state index contributed by atoms with van der Waals surface area (Å²) in [5.41, 5.74) is 0.713. The molecule has 60 valence electrons. The van der Waals surface area contributed by atoms with E-state index in [1.165, 1.54) is 0 Å². The molecule has 0 aliphatic carbocycles. The first-order valence-corrected chi connectivity index (χ1v) is 4.20. The van der Waals surface area contributed by atoms with Gasteiger partial charge in [-0.1, -0.05) is 18.2 Å². The first kappa shape index (κ1) is 4.92. The van der Waals surface area contributed by atoms with E-state index < -0.39 is 6.85 Å². The topological polar surface area (TPSA) is 25.8 Å². The molecule has 0 fully saturated rings. The predicted molar refractivity (Wildman–Crippen MR) is 52.0 cm³/mol. The summed E-state index contributed by atoms with van der Waals surface area (Å²) < 4.78 is 22.4. The number of nitrogens with zero attached hydrogens (tertiary/aromatic N) is 2. The lowest BCUT2D eigenvalue weighted by atomic mass is 10.2. The van der Waals surface area contributed by atoms with Crippen molar-refractivity contribution in [3.8, 4) is 0 Å². The molecule has 0 spiro atoms. The molecule has 3 heteroatoms. The normalized spacial score (nSPS) is 15.2. The molecule has 0 N–H and O–H groups in total. The summed E-state index contributed by atoms with van der Waals surface area (Å²) in [6.07, 6.45) is 0. The lowest BCUT2D eigenvalue weighted by Crippen LogP contribution is -1.88. The second kappa shape index (κ2) is 2.83. The molecule has 0 saturated heterocycles. The van der Waals surface area contributed by atoms with Crippen LogP contribution in [0.1, 0.15) is 9.81 Å². The van der Waals surface area contributed by atoms with Crippen molar-refractivity contribution in [2.45, 2.75) is 6.85 Å². The average molecular weight is 226 g/mol. The Bertz CT molecular complexity index is 510. The third-order valence-electron chi connectivity index (χ3n) is 1.58. The summed E-state index contributed by atoms with van der Waals surface area (Å²) in [5, 5.41) is 0.570. The minimum absolute atomic E-state index is 0.0833. The van der Waals surface area contributed by atoms with Crippen LogP contribution in [0.15, 0.2) is 29.0 Å². The van der Waals surface area contributed by atoms with Gasteiger partial charge in [0, 0.05) is 15.2 Å². The minimum atomic E-state index is -2.22. The van der Waals surface area contributed by atoms with Gasteiger partial charge in [0.25, 0.3) is 0 Å². The number of hydrogen-bond donors (Lipinski definition) is 0. The van der Waals surface area contributed by atoms with Gasteiger partial charge in [-0.15, -0.1) is 0 Å². The highest BCUT2D eigenvalue weighted by Crippen LogP contribution is 2.16. The summed E-state index contributed by atoms with van der Waals surface area (Å²) >= 11 is 3.10. The van der Waals surface area contributed by atoms with Gasteiger partial charge in [0.05, 0.1) is 5.52 Å². The van der Waals surface area contributed by atoms with Crippen LogP contribution in [0.3, 0.4) is 0 Å². The van der Waals surface area contributed by atoms with Gasteiger partial charge >= 0.3 is 0 Å². The number of halogens is 1. The first-order chi connectivity index (χ1) is 6.98. The maximum atomic E-state index is 7.37. The van der Waals surface area contributed by atoms with Crippen LogP contribution in [0.5, 0.6) is 0 Å². The van der Waals surface area contributed by atoms with Crippen LogP contribution in [-0.2, 0) is 0 Å². The lowest BCUT2D eigenvalue weighted by molar-refractivity contribution is 1.10. The number of para-hydroxylation sites is 1. The fourth-order valence-electron chi connectivity index (χ4n) is 1.05. The quantitative estimate of drug-likeness (QED) is 0.645. The number of aromatic nitrogens is 2. The van der Waals surface area contributed by atoms with E-state index in [0.29, 0.717) is 15.6 Å². The zero-order valence-electron chi connectivity index (χ0n) is 9.08. The summed E-state index contributed by atoms with van der Waals surface area (Å²) in [4.78, 5) is 8.02. The summed E-state index contributed by atoms with van der Waals surface area (Å²) in [7, 11) is 0. The molecule has 0 aliphatic rings. The highest BCUT2D eigenvalue weighted by molar-refractivity contribution is 9.10. The Kier molecular flexibility index (Phi) is 1.16. The standard InChI is InChI=1S/C9H7BrN2/c1-6-7-4-2-3-5-8(7)12-9(10)11-6/h2-5H,1H3/i1D3. The molecule has 2 rings (SSSR count). The molecule has 0 bridgehead atoms. The number of benzene rings is 1. The molecule has 0 amide bonds.